The topological polar surface area (TPSA) is 165 Å². The summed E-state index contributed by atoms with van der Waals surface area (Å²) in [4.78, 5) is 21.2. The van der Waals surface area contributed by atoms with E-state index in [-0.39, 0.29) is 11.9 Å². The maximum Gasteiger partial charge on any atom is 0.252 e. The first-order valence-electron chi connectivity index (χ1n) is 10.6. The second-order valence-corrected chi connectivity index (χ2v) is 8.24. The number of carbonyl (C=O) groups is 1. The number of hydrogen-bond acceptors (Lipinski definition) is 9. The molecule has 4 atom stereocenters. The van der Waals surface area contributed by atoms with Crippen molar-refractivity contribution in [2.45, 2.75) is 43.4 Å². The van der Waals surface area contributed by atoms with E-state index in [9.17, 15) is 15.0 Å². The third-order valence-corrected chi connectivity index (χ3v) is 6.08. The lowest BCUT2D eigenvalue weighted by atomic mass is 10.1. The number of rotatable bonds is 4. The normalized spacial score (nSPS) is 26.6. The van der Waals surface area contributed by atoms with Crippen LogP contribution in [0.4, 0.5) is 5.82 Å². The van der Waals surface area contributed by atoms with Crippen LogP contribution in [-0.2, 0) is 16.6 Å². The van der Waals surface area contributed by atoms with Crippen LogP contribution in [0.1, 0.15) is 19.1 Å². The standard InChI is InChI=1S/C20H26N8O4/c1-27-7-4-12(26-27)11-8-28(18-13(11)17(21)23-9-24-18)20-15(30)14(29)16(32-20)19(31)25-10-2-5-22-6-3-10/h4,7-10,14-16,20,22,29-30H,2-3,5-6H2,1H3,(H,25,31)(H2,21,23,24)/t14-,15+,16-,20+/m0/s1. The zero-order valence-corrected chi connectivity index (χ0v) is 17.5. The summed E-state index contributed by atoms with van der Waals surface area (Å²) in [5.41, 5.74) is 7.85. The molecule has 0 saturated carbocycles. The van der Waals surface area contributed by atoms with Gasteiger partial charge in [0, 0.05) is 31.0 Å². The van der Waals surface area contributed by atoms with Crippen LogP contribution in [0.2, 0.25) is 0 Å². The first-order chi connectivity index (χ1) is 15.4. The summed E-state index contributed by atoms with van der Waals surface area (Å²) in [7, 11) is 1.80. The number of nitrogen functional groups attached to an aromatic ring is 1. The Labute approximate surface area is 183 Å². The van der Waals surface area contributed by atoms with Gasteiger partial charge in [0.05, 0.1) is 11.1 Å². The van der Waals surface area contributed by atoms with E-state index < -0.39 is 30.4 Å². The molecule has 3 aromatic heterocycles. The monoisotopic (exact) mass is 442 g/mol. The summed E-state index contributed by atoms with van der Waals surface area (Å²) in [6.07, 6.45) is 1.42. The molecule has 3 aromatic rings. The van der Waals surface area contributed by atoms with Crippen molar-refractivity contribution in [3.63, 3.8) is 0 Å². The maximum atomic E-state index is 12.8. The second kappa shape index (κ2) is 8.13. The van der Waals surface area contributed by atoms with Gasteiger partial charge in [-0.25, -0.2) is 9.97 Å². The molecule has 2 saturated heterocycles. The molecular weight excluding hydrogens is 416 g/mol. The molecule has 12 nitrogen and oxygen atoms in total. The Morgan fingerprint density at radius 3 is 2.78 bits per heavy atom. The lowest BCUT2D eigenvalue weighted by Crippen LogP contribution is -2.49. The van der Waals surface area contributed by atoms with Crippen molar-refractivity contribution >= 4 is 22.8 Å². The van der Waals surface area contributed by atoms with Crippen molar-refractivity contribution in [3.05, 3.63) is 24.8 Å². The molecule has 6 N–H and O–H groups in total. The molecule has 0 aliphatic carbocycles. The molecule has 2 aliphatic heterocycles. The van der Waals surface area contributed by atoms with E-state index in [1.54, 1.807) is 28.7 Å². The molecule has 170 valence electrons. The number of anilines is 1. The van der Waals surface area contributed by atoms with E-state index in [1.807, 2.05) is 6.07 Å². The number of amides is 1. The number of nitrogens with two attached hydrogens (primary N) is 1. The van der Waals surface area contributed by atoms with Crippen molar-refractivity contribution in [1.29, 1.82) is 0 Å². The second-order valence-electron chi connectivity index (χ2n) is 8.24. The van der Waals surface area contributed by atoms with Gasteiger partial charge in [-0.15, -0.1) is 0 Å². The van der Waals surface area contributed by atoms with E-state index in [0.29, 0.717) is 22.3 Å². The Balaban J connectivity index is 1.47. The minimum atomic E-state index is -1.39. The summed E-state index contributed by atoms with van der Waals surface area (Å²) in [6, 6.07) is 1.83. The summed E-state index contributed by atoms with van der Waals surface area (Å²) >= 11 is 0. The SMILES string of the molecule is Cn1ccc(-c2cn([C@@H]3O[C@H](C(=O)NC4CCNCC4)[C@@H](O)[C@H]3O)c3ncnc(N)c23)n1. The van der Waals surface area contributed by atoms with Gasteiger partial charge in [0.15, 0.2) is 12.3 Å². The van der Waals surface area contributed by atoms with Gasteiger partial charge in [0.1, 0.15) is 30.0 Å². The van der Waals surface area contributed by atoms with Crippen LogP contribution in [-0.4, -0.2) is 77.9 Å². The quantitative estimate of drug-likeness (QED) is 0.337. The zero-order chi connectivity index (χ0) is 22.4. The van der Waals surface area contributed by atoms with E-state index >= 15 is 0 Å². The third kappa shape index (κ3) is 3.50. The van der Waals surface area contributed by atoms with Crippen molar-refractivity contribution in [3.8, 4) is 11.3 Å². The number of nitrogens with one attached hydrogen (secondary N) is 2. The van der Waals surface area contributed by atoms with Crippen LogP contribution in [0.25, 0.3) is 22.3 Å². The van der Waals surface area contributed by atoms with Crippen LogP contribution in [0.15, 0.2) is 24.8 Å². The number of hydrogen-bond donors (Lipinski definition) is 5. The van der Waals surface area contributed by atoms with Crippen LogP contribution < -0.4 is 16.4 Å². The van der Waals surface area contributed by atoms with E-state index in [1.165, 1.54) is 6.33 Å². The Morgan fingerprint density at radius 1 is 1.28 bits per heavy atom. The summed E-state index contributed by atoms with van der Waals surface area (Å²) in [5.74, 6) is -0.191. The summed E-state index contributed by atoms with van der Waals surface area (Å²) in [6.45, 7) is 1.63. The highest BCUT2D eigenvalue weighted by atomic mass is 16.6. The van der Waals surface area contributed by atoms with Gasteiger partial charge in [-0.2, -0.15) is 5.10 Å². The summed E-state index contributed by atoms with van der Waals surface area (Å²) in [5, 5.41) is 32.5. The Hall–Kier alpha value is -3.06. The van der Waals surface area contributed by atoms with Crippen LogP contribution >= 0.6 is 0 Å². The van der Waals surface area contributed by atoms with Gasteiger partial charge in [-0.1, -0.05) is 0 Å². The minimum Gasteiger partial charge on any atom is -0.387 e. The number of aryl methyl sites for hydroxylation is 1. The fourth-order valence-corrected chi connectivity index (χ4v) is 4.41. The number of piperidine rings is 1. The fourth-order valence-electron chi connectivity index (χ4n) is 4.41. The van der Waals surface area contributed by atoms with Crippen LogP contribution in [0, 0.1) is 0 Å². The number of aromatic nitrogens is 5. The van der Waals surface area contributed by atoms with Gasteiger partial charge in [0.25, 0.3) is 5.91 Å². The zero-order valence-electron chi connectivity index (χ0n) is 17.5. The highest BCUT2D eigenvalue weighted by molar-refractivity contribution is 5.99. The molecule has 32 heavy (non-hydrogen) atoms. The highest BCUT2D eigenvalue weighted by Gasteiger charge is 2.48. The molecule has 1 amide bonds. The Bertz CT molecular complexity index is 1140. The smallest absolute Gasteiger partial charge is 0.252 e. The van der Waals surface area contributed by atoms with Gasteiger partial charge in [-0.3, -0.25) is 9.48 Å². The number of aliphatic hydroxyl groups is 2. The maximum absolute atomic E-state index is 12.8. The van der Waals surface area contributed by atoms with E-state index in [2.05, 4.69) is 25.7 Å². The van der Waals surface area contributed by atoms with E-state index in [4.69, 9.17) is 10.5 Å². The molecule has 0 unspecified atom stereocenters. The molecule has 0 aromatic carbocycles. The van der Waals surface area contributed by atoms with Gasteiger partial charge >= 0.3 is 0 Å². The molecule has 0 bridgehead atoms. The van der Waals surface area contributed by atoms with Crippen LogP contribution in [0.3, 0.4) is 0 Å². The lowest BCUT2D eigenvalue weighted by molar-refractivity contribution is -0.138. The largest absolute Gasteiger partial charge is 0.387 e. The van der Waals surface area contributed by atoms with Crippen molar-refractivity contribution in [2.24, 2.45) is 7.05 Å². The Kier molecular flexibility index (Phi) is 5.29. The molecule has 0 spiro atoms. The van der Waals surface area contributed by atoms with Gasteiger partial charge in [0.2, 0.25) is 0 Å². The fraction of sp³-hybridized carbons (Fsp3) is 0.500. The third-order valence-electron chi connectivity index (χ3n) is 6.08. The Morgan fingerprint density at radius 2 is 2.06 bits per heavy atom. The van der Waals surface area contributed by atoms with Crippen LogP contribution in [0.5, 0.6) is 0 Å². The van der Waals surface area contributed by atoms with E-state index in [0.717, 1.165) is 25.9 Å². The molecule has 0 radical (unpaired) electrons. The molecule has 5 heterocycles. The van der Waals surface area contributed by atoms with Crippen molar-refractivity contribution in [1.82, 2.24) is 34.9 Å². The predicted molar refractivity (Wildman–Crippen MR) is 114 cm³/mol. The minimum absolute atomic E-state index is 0.00597. The molecule has 2 fully saturated rings. The number of carbonyl (C=O) groups excluding carboxylic acids is 1. The number of fused-ring (bicyclic) bond motifs is 1. The highest BCUT2D eigenvalue weighted by Crippen LogP contribution is 2.38. The molecular formula is C20H26N8O4. The first kappa shape index (κ1) is 20.8. The van der Waals surface area contributed by atoms with Crippen molar-refractivity contribution < 1.29 is 19.7 Å². The number of ether oxygens (including phenoxy) is 1. The lowest BCUT2D eigenvalue weighted by Gasteiger charge is -2.25. The van der Waals surface area contributed by atoms with Crippen molar-refractivity contribution in [2.75, 3.05) is 18.8 Å². The van der Waals surface area contributed by atoms with Gasteiger partial charge < -0.3 is 35.9 Å². The predicted octanol–water partition coefficient (Wildman–Crippen LogP) is -1.10. The average Bonchev–Trinajstić information content (AvgIpc) is 3.46. The number of nitrogens with zero attached hydrogens (tertiary/aromatic N) is 5. The molecule has 2 aliphatic rings. The first-order valence-corrected chi connectivity index (χ1v) is 10.6. The molecule has 5 rings (SSSR count). The average molecular weight is 442 g/mol. The molecule has 12 heteroatoms. The van der Waals surface area contributed by atoms with Gasteiger partial charge in [-0.05, 0) is 32.0 Å². The number of aliphatic hydroxyl groups excluding tert-OH is 2. The summed E-state index contributed by atoms with van der Waals surface area (Å²) < 4.78 is 9.12.